The molecular weight excluding hydrogens is 238 g/mol. The fourth-order valence-electron chi connectivity index (χ4n) is 1.56. The Hall–Kier alpha value is -1.66. The maximum absolute atomic E-state index is 10.9. The zero-order chi connectivity index (χ0) is 12.3. The first-order chi connectivity index (χ1) is 8.16. The third-order valence-electron chi connectivity index (χ3n) is 2.34. The van der Waals surface area contributed by atoms with Gasteiger partial charge >= 0.3 is 5.97 Å². The summed E-state index contributed by atoms with van der Waals surface area (Å²) in [4.78, 5) is 18.1. The van der Waals surface area contributed by atoms with Crippen molar-refractivity contribution in [3.05, 3.63) is 39.6 Å². The number of H-pyrrole nitrogens is 1. The average Bonchev–Trinajstić information content (AvgIpc) is 2.87. The van der Waals surface area contributed by atoms with E-state index in [-0.39, 0.29) is 0 Å². The lowest BCUT2D eigenvalue weighted by molar-refractivity contribution is 0.0695. The normalized spacial score (nSPS) is 10.6. The molecule has 2 rings (SSSR count). The molecule has 5 nitrogen and oxygen atoms in total. The van der Waals surface area contributed by atoms with Crippen LogP contribution in [0.25, 0.3) is 0 Å². The van der Waals surface area contributed by atoms with Crippen LogP contribution >= 0.6 is 11.3 Å². The summed E-state index contributed by atoms with van der Waals surface area (Å²) in [5.41, 5.74) is 1.98. The highest BCUT2D eigenvalue weighted by Crippen LogP contribution is 2.09. The Kier molecular flexibility index (Phi) is 3.55. The standard InChI is InChI=1S/C11H13N3O2S/c1-7-14-8(6-17-7)4-12-5-10-9(11(15)16)2-3-13-10/h2-3,6,12-13H,4-5H2,1H3,(H,15,16). The van der Waals surface area contributed by atoms with E-state index in [0.29, 0.717) is 24.3 Å². The molecule has 90 valence electrons. The molecule has 0 amide bonds. The second-order valence-corrected chi connectivity index (χ2v) is 4.70. The molecule has 0 radical (unpaired) electrons. The fourth-order valence-corrected chi connectivity index (χ4v) is 2.17. The first-order valence-electron chi connectivity index (χ1n) is 5.18. The smallest absolute Gasteiger partial charge is 0.337 e. The summed E-state index contributed by atoms with van der Waals surface area (Å²) in [5, 5.41) is 15.1. The van der Waals surface area contributed by atoms with Gasteiger partial charge in [0.2, 0.25) is 0 Å². The van der Waals surface area contributed by atoms with Crippen LogP contribution in [0.2, 0.25) is 0 Å². The molecule has 0 fully saturated rings. The molecule has 17 heavy (non-hydrogen) atoms. The van der Waals surface area contributed by atoms with Crippen LogP contribution in [0.1, 0.15) is 26.8 Å². The lowest BCUT2D eigenvalue weighted by Gasteiger charge is -2.02. The monoisotopic (exact) mass is 251 g/mol. The van der Waals surface area contributed by atoms with E-state index in [1.807, 2.05) is 12.3 Å². The Labute approximate surface area is 103 Å². The minimum absolute atomic E-state index is 0.312. The summed E-state index contributed by atoms with van der Waals surface area (Å²) in [6, 6.07) is 1.56. The van der Waals surface area contributed by atoms with E-state index >= 15 is 0 Å². The van der Waals surface area contributed by atoms with Crippen molar-refractivity contribution in [2.45, 2.75) is 20.0 Å². The molecule has 0 unspecified atom stereocenters. The number of thiazole rings is 1. The zero-order valence-corrected chi connectivity index (χ0v) is 10.2. The number of aromatic amines is 1. The van der Waals surface area contributed by atoms with Crippen LogP contribution in [0.4, 0.5) is 0 Å². The number of carbonyl (C=O) groups is 1. The molecule has 0 aliphatic heterocycles. The van der Waals surface area contributed by atoms with E-state index in [0.717, 1.165) is 10.7 Å². The number of nitrogens with one attached hydrogen (secondary N) is 2. The molecule has 0 saturated carbocycles. The molecule has 0 saturated heterocycles. The van der Waals surface area contributed by atoms with Gasteiger partial charge in [0.25, 0.3) is 0 Å². The van der Waals surface area contributed by atoms with Gasteiger partial charge < -0.3 is 15.4 Å². The topological polar surface area (TPSA) is 78.0 Å². The average molecular weight is 251 g/mol. The number of hydrogen-bond acceptors (Lipinski definition) is 4. The molecule has 2 aromatic rings. The molecule has 0 aromatic carbocycles. The maximum Gasteiger partial charge on any atom is 0.337 e. The van der Waals surface area contributed by atoms with Crippen LogP contribution in [0.5, 0.6) is 0 Å². The van der Waals surface area contributed by atoms with E-state index in [4.69, 9.17) is 5.11 Å². The molecule has 0 spiro atoms. The van der Waals surface area contributed by atoms with Crippen LogP contribution in [0, 0.1) is 6.92 Å². The number of aryl methyl sites for hydroxylation is 1. The predicted octanol–water partition coefficient (Wildman–Crippen LogP) is 1.77. The minimum atomic E-state index is -0.910. The van der Waals surface area contributed by atoms with Gasteiger partial charge in [0, 0.05) is 30.4 Å². The van der Waals surface area contributed by atoms with E-state index < -0.39 is 5.97 Å². The van der Waals surface area contributed by atoms with Crippen molar-refractivity contribution < 1.29 is 9.90 Å². The quantitative estimate of drug-likeness (QED) is 0.756. The van der Waals surface area contributed by atoms with Crippen LogP contribution in [-0.4, -0.2) is 21.0 Å². The van der Waals surface area contributed by atoms with Gasteiger partial charge in [-0.05, 0) is 13.0 Å². The van der Waals surface area contributed by atoms with Gasteiger partial charge in [0.15, 0.2) is 0 Å². The number of carboxylic acid groups (broad SMARTS) is 1. The van der Waals surface area contributed by atoms with Crippen LogP contribution < -0.4 is 5.32 Å². The van der Waals surface area contributed by atoms with Crippen molar-refractivity contribution in [2.24, 2.45) is 0 Å². The molecule has 0 atom stereocenters. The minimum Gasteiger partial charge on any atom is -0.478 e. The van der Waals surface area contributed by atoms with E-state index in [1.165, 1.54) is 0 Å². The third-order valence-corrected chi connectivity index (χ3v) is 3.16. The molecular formula is C11H13N3O2S. The third kappa shape index (κ3) is 2.92. The molecule has 2 heterocycles. The van der Waals surface area contributed by atoms with Crippen molar-refractivity contribution in [2.75, 3.05) is 0 Å². The summed E-state index contributed by atoms with van der Waals surface area (Å²) < 4.78 is 0. The van der Waals surface area contributed by atoms with Crippen molar-refractivity contribution >= 4 is 17.3 Å². The fraction of sp³-hybridized carbons (Fsp3) is 0.273. The van der Waals surface area contributed by atoms with Gasteiger partial charge in [-0.25, -0.2) is 9.78 Å². The highest BCUT2D eigenvalue weighted by atomic mass is 32.1. The van der Waals surface area contributed by atoms with Gasteiger partial charge in [-0.15, -0.1) is 11.3 Å². The summed E-state index contributed by atoms with van der Waals surface area (Å²) in [7, 11) is 0. The summed E-state index contributed by atoms with van der Waals surface area (Å²) in [6.45, 7) is 3.09. The van der Waals surface area contributed by atoms with E-state index in [9.17, 15) is 4.79 Å². The van der Waals surface area contributed by atoms with Crippen molar-refractivity contribution in [1.82, 2.24) is 15.3 Å². The summed E-state index contributed by atoms with van der Waals surface area (Å²) in [5.74, 6) is -0.910. The van der Waals surface area contributed by atoms with Crippen LogP contribution in [0.15, 0.2) is 17.6 Å². The Morgan fingerprint density at radius 3 is 3.06 bits per heavy atom. The van der Waals surface area contributed by atoms with E-state index in [2.05, 4.69) is 15.3 Å². The Morgan fingerprint density at radius 2 is 2.41 bits per heavy atom. The second kappa shape index (κ2) is 5.11. The van der Waals surface area contributed by atoms with Crippen molar-refractivity contribution in [3.63, 3.8) is 0 Å². The highest BCUT2D eigenvalue weighted by molar-refractivity contribution is 7.09. The van der Waals surface area contributed by atoms with Gasteiger partial charge in [-0.2, -0.15) is 0 Å². The first kappa shape index (κ1) is 11.8. The molecule has 0 aliphatic rings. The number of hydrogen-bond donors (Lipinski definition) is 3. The Balaban J connectivity index is 1.90. The number of carboxylic acids is 1. The van der Waals surface area contributed by atoms with Gasteiger partial charge in [-0.1, -0.05) is 0 Å². The maximum atomic E-state index is 10.9. The lowest BCUT2D eigenvalue weighted by atomic mass is 10.2. The van der Waals surface area contributed by atoms with Crippen LogP contribution in [-0.2, 0) is 13.1 Å². The largest absolute Gasteiger partial charge is 0.478 e. The van der Waals surface area contributed by atoms with Crippen molar-refractivity contribution in [1.29, 1.82) is 0 Å². The lowest BCUT2D eigenvalue weighted by Crippen LogP contribution is -2.15. The predicted molar refractivity (Wildman–Crippen MR) is 65.1 cm³/mol. The number of aromatic nitrogens is 2. The Morgan fingerprint density at radius 1 is 1.59 bits per heavy atom. The Bertz CT molecular complexity index is 518. The van der Waals surface area contributed by atoms with Gasteiger partial charge in [0.1, 0.15) is 0 Å². The molecule has 0 bridgehead atoms. The highest BCUT2D eigenvalue weighted by Gasteiger charge is 2.10. The van der Waals surface area contributed by atoms with Gasteiger partial charge in [0.05, 0.1) is 16.3 Å². The van der Waals surface area contributed by atoms with E-state index in [1.54, 1.807) is 23.6 Å². The molecule has 6 heteroatoms. The SMILES string of the molecule is Cc1nc(CNCc2[nH]ccc2C(=O)O)cs1. The molecule has 0 aliphatic carbocycles. The number of rotatable bonds is 5. The molecule has 2 aromatic heterocycles. The summed E-state index contributed by atoms with van der Waals surface area (Å²) >= 11 is 1.61. The second-order valence-electron chi connectivity index (χ2n) is 3.64. The van der Waals surface area contributed by atoms with Gasteiger partial charge in [-0.3, -0.25) is 0 Å². The number of aromatic carboxylic acids is 1. The molecule has 3 N–H and O–H groups in total. The summed E-state index contributed by atoms with van der Waals surface area (Å²) in [6.07, 6.45) is 1.63. The first-order valence-corrected chi connectivity index (χ1v) is 6.06. The van der Waals surface area contributed by atoms with Crippen LogP contribution in [0.3, 0.4) is 0 Å². The number of nitrogens with zero attached hydrogens (tertiary/aromatic N) is 1. The zero-order valence-electron chi connectivity index (χ0n) is 9.36. The van der Waals surface area contributed by atoms with Crippen molar-refractivity contribution in [3.8, 4) is 0 Å².